The Hall–Kier alpha value is -1.75. The Labute approximate surface area is 70.7 Å². The SMILES string of the molecule is Cc1cccc2cc(C#N)cn12. The van der Waals surface area contributed by atoms with Crippen molar-refractivity contribution < 1.29 is 0 Å². The van der Waals surface area contributed by atoms with Gasteiger partial charge in [-0.25, -0.2) is 0 Å². The van der Waals surface area contributed by atoms with Gasteiger partial charge in [0.2, 0.25) is 0 Å². The average Bonchev–Trinajstić information content (AvgIpc) is 2.49. The van der Waals surface area contributed by atoms with Crippen LogP contribution in [0.2, 0.25) is 0 Å². The van der Waals surface area contributed by atoms with Gasteiger partial charge in [0.15, 0.2) is 0 Å². The first-order valence-electron chi connectivity index (χ1n) is 3.79. The second kappa shape index (κ2) is 2.38. The van der Waals surface area contributed by atoms with Crippen LogP contribution in [0.25, 0.3) is 5.52 Å². The number of aromatic nitrogens is 1. The van der Waals surface area contributed by atoms with Crippen molar-refractivity contribution in [3.63, 3.8) is 0 Å². The van der Waals surface area contributed by atoms with Crippen molar-refractivity contribution in [2.75, 3.05) is 0 Å². The Bertz CT molecular complexity index is 460. The molecule has 0 saturated heterocycles. The van der Waals surface area contributed by atoms with Crippen molar-refractivity contribution in [2.24, 2.45) is 0 Å². The van der Waals surface area contributed by atoms with E-state index in [1.54, 1.807) is 0 Å². The number of rotatable bonds is 0. The summed E-state index contributed by atoms with van der Waals surface area (Å²) in [4.78, 5) is 0. The molecule has 0 saturated carbocycles. The first-order valence-corrected chi connectivity index (χ1v) is 3.79. The van der Waals surface area contributed by atoms with Crippen molar-refractivity contribution in [2.45, 2.75) is 6.92 Å². The molecule has 0 atom stereocenters. The van der Waals surface area contributed by atoms with Crippen LogP contribution in [-0.2, 0) is 0 Å². The number of pyridine rings is 1. The Kier molecular flexibility index (Phi) is 1.38. The lowest BCUT2D eigenvalue weighted by molar-refractivity contribution is 1.10. The van der Waals surface area contributed by atoms with E-state index in [1.165, 1.54) is 0 Å². The zero-order valence-electron chi connectivity index (χ0n) is 6.78. The number of hydrogen-bond acceptors (Lipinski definition) is 1. The van der Waals surface area contributed by atoms with E-state index in [-0.39, 0.29) is 0 Å². The van der Waals surface area contributed by atoms with Gasteiger partial charge in [0, 0.05) is 17.4 Å². The fraction of sp³-hybridized carbons (Fsp3) is 0.100. The third-order valence-electron chi connectivity index (χ3n) is 1.96. The minimum atomic E-state index is 0.712. The Morgan fingerprint density at radius 3 is 2.92 bits per heavy atom. The number of fused-ring (bicyclic) bond motifs is 1. The quantitative estimate of drug-likeness (QED) is 0.574. The molecule has 0 aliphatic heterocycles. The predicted octanol–water partition coefficient (Wildman–Crippen LogP) is 2.12. The van der Waals surface area contributed by atoms with Crippen LogP contribution in [0.4, 0.5) is 0 Å². The average molecular weight is 156 g/mol. The van der Waals surface area contributed by atoms with Gasteiger partial charge in [0.25, 0.3) is 0 Å². The number of nitriles is 1. The maximum Gasteiger partial charge on any atom is 0.101 e. The molecule has 0 fully saturated rings. The molecule has 0 amide bonds. The lowest BCUT2D eigenvalue weighted by Crippen LogP contribution is -1.85. The highest BCUT2D eigenvalue weighted by molar-refractivity contribution is 5.54. The van der Waals surface area contributed by atoms with Gasteiger partial charge >= 0.3 is 0 Å². The van der Waals surface area contributed by atoms with E-state index in [9.17, 15) is 0 Å². The van der Waals surface area contributed by atoms with Gasteiger partial charge in [-0.2, -0.15) is 5.26 Å². The third-order valence-corrected chi connectivity index (χ3v) is 1.96. The molecule has 2 heteroatoms. The summed E-state index contributed by atoms with van der Waals surface area (Å²) in [6, 6.07) is 10.0. The van der Waals surface area contributed by atoms with Crippen LogP contribution < -0.4 is 0 Å². The molecule has 0 spiro atoms. The molecule has 0 aliphatic rings. The van der Waals surface area contributed by atoms with Crippen LogP contribution in [0.15, 0.2) is 30.5 Å². The van der Waals surface area contributed by atoms with Crippen molar-refractivity contribution in [1.82, 2.24) is 4.40 Å². The predicted molar refractivity (Wildman–Crippen MR) is 46.8 cm³/mol. The molecule has 0 aliphatic carbocycles. The molecule has 2 aromatic rings. The smallest absolute Gasteiger partial charge is 0.101 e. The van der Waals surface area contributed by atoms with Crippen molar-refractivity contribution in [3.05, 3.63) is 41.7 Å². The van der Waals surface area contributed by atoms with E-state index in [2.05, 4.69) is 6.07 Å². The van der Waals surface area contributed by atoms with Gasteiger partial charge in [-0.15, -0.1) is 0 Å². The maximum absolute atomic E-state index is 8.67. The summed E-state index contributed by atoms with van der Waals surface area (Å²) in [6.07, 6.45) is 1.85. The van der Waals surface area contributed by atoms with Crippen LogP contribution in [0.3, 0.4) is 0 Å². The highest BCUT2D eigenvalue weighted by Gasteiger charge is 1.98. The van der Waals surface area contributed by atoms with E-state index in [1.807, 2.05) is 41.8 Å². The zero-order chi connectivity index (χ0) is 8.55. The maximum atomic E-state index is 8.67. The summed E-state index contributed by atoms with van der Waals surface area (Å²) < 4.78 is 2.01. The Morgan fingerprint density at radius 1 is 1.42 bits per heavy atom. The number of aryl methyl sites for hydroxylation is 1. The van der Waals surface area contributed by atoms with E-state index in [0.717, 1.165) is 11.2 Å². The second-order valence-corrected chi connectivity index (χ2v) is 2.80. The van der Waals surface area contributed by atoms with Crippen LogP contribution >= 0.6 is 0 Å². The summed E-state index contributed by atoms with van der Waals surface area (Å²) in [6.45, 7) is 2.02. The molecule has 0 unspecified atom stereocenters. The molecule has 0 aromatic carbocycles. The highest BCUT2D eigenvalue weighted by atomic mass is 14.9. The van der Waals surface area contributed by atoms with E-state index in [0.29, 0.717) is 5.56 Å². The zero-order valence-corrected chi connectivity index (χ0v) is 6.78. The monoisotopic (exact) mass is 156 g/mol. The minimum Gasteiger partial charge on any atom is -0.320 e. The molecule has 0 radical (unpaired) electrons. The third kappa shape index (κ3) is 0.876. The van der Waals surface area contributed by atoms with Crippen molar-refractivity contribution in [1.29, 1.82) is 5.26 Å². The fourth-order valence-corrected chi connectivity index (χ4v) is 1.34. The van der Waals surface area contributed by atoms with E-state index >= 15 is 0 Å². The molecule has 58 valence electrons. The normalized spacial score (nSPS) is 10.0. The summed E-state index contributed by atoms with van der Waals surface area (Å²) >= 11 is 0. The molecule has 2 heterocycles. The number of hydrogen-bond donors (Lipinski definition) is 0. The number of nitrogens with zero attached hydrogens (tertiary/aromatic N) is 2. The minimum absolute atomic E-state index is 0.712. The topological polar surface area (TPSA) is 28.2 Å². The highest BCUT2D eigenvalue weighted by Crippen LogP contribution is 2.11. The Balaban J connectivity index is 2.85. The summed E-state index contributed by atoms with van der Waals surface area (Å²) in [5.74, 6) is 0. The van der Waals surface area contributed by atoms with E-state index < -0.39 is 0 Å². The first-order chi connectivity index (χ1) is 5.81. The molecule has 2 nitrogen and oxygen atoms in total. The first kappa shape index (κ1) is 6.93. The summed E-state index contributed by atoms with van der Waals surface area (Å²) in [5.41, 5.74) is 2.94. The fourth-order valence-electron chi connectivity index (χ4n) is 1.34. The Morgan fingerprint density at radius 2 is 2.25 bits per heavy atom. The molecule has 2 aromatic heterocycles. The van der Waals surface area contributed by atoms with Gasteiger partial charge < -0.3 is 4.40 Å². The van der Waals surface area contributed by atoms with Crippen molar-refractivity contribution >= 4 is 5.52 Å². The lowest BCUT2D eigenvalue weighted by atomic mass is 10.3. The summed E-state index contributed by atoms with van der Waals surface area (Å²) in [7, 11) is 0. The van der Waals surface area contributed by atoms with Gasteiger partial charge in [-0.1, -0.05) is 6.07 Å². The van der Waals surface area contributed by atoms with Crippen LogP contribution in [0, 0.1) is 18.3 Å². The molecule has 0 bridgehead atoms. The molecule has 12 heavy (non-hydrogen) atoms. The van der Waals surface area contributed by atoms with Gasteiger partial charge in [0.1, 0.15) is 6.07 Å². The molecule has 0 N–H and O–H groups in total. The largest absolute Gasteiger partial charge is 0.320 e. The van der Waals surface area contributed by atoms with Crippen LogP contribution in [0.1, 0.15) is 11.3 Å². The van der Waals surface area contributed by atoms with E-state index in [4.69, 9.17) is 5.26 Å². The summed E-state index contributed by atoms with van der Waals surface area (Å²) in [5, 5.41) is 8.67. The van der Waals surface area contributed by atoms with Crippen LogP contribution in [0.5, 0.6) is 0 Å². The lowest BCUT2D eigenvalue weighted by Gasteiger charge is -1.97. The van der Waals surface area contributed by atoms with Crippen molar-refractivity contribution in [3.8, 4) is 6.07 Å². The molecular weight excluding hydrogens is 148 g/mol. The molecular formula is C10H8N2. The molecule has 2 rings (SSSR count). The standard InChI is InChI=1S/C10H8N2/c1-8-3-2-4-10-5-9(6-11)7-12(8)10/h2-5,7H,1H3. The second-order valence-electron chi connectivity index (χ2n) is 2.80. The van der Waals surface area contributed by atoms with Gasteiger partial charge in [0.05, 0.1) is 5.56 Å². The van der Waals surface area contributed by atoms with Crippen LogP contribution in [-0.4, -0.2) is 4.40 Å². The van der Waals surface area contributed by atoms with Gasteiger partial charge in [-0.3, -0.25) is 0 Å². The van der Waals surface area contributed by atoms with Gasteiger partial charge in [-0.05, 0) is 25.1 Å².